The summed E-state index contributed by atoms with van der Waals surface area (Å²) in [5, 5.41) is 0. The number of ether oxygens (including phenoxy) is 2. The van der Waals surface area contributed by atoms with Crippen molar-refractivity contribution in [1.82, 2.24) is 0 Å². The third kappa shape index (κ3) is 8.21. The number of hydrogen-bond acceptors (Lipinski definition) is 3. The molecule has 0 aliphatic carbocycles. The van der Waals surface area contributed by atoms with E-state index in [0.717, 1.165) is 0 Å². The third-order valence-electron chi connectivity index (χ3n) is 2.84. The predicted molar refractivity (Wildman–Crippen MR) is 77.7 cm³/mol. The Bertz CT molecular complexity index is 262. The zero-order valence-corrected chi connectivity index (χ0v) is 13.8. The average molecular weight is 275 g/mol. The van der Waals surface area contributed by atoms with Gasteiger partial charge in [-0.05, 0) is 6.92 Å². The lowest BCUT2D eigenvalue weighted by Crippen LogP contribution is -2.37. The Balaban J connectivity index is 4.03. The lowest BCUT2D eigenvalue weighted by Gasteiger charge is -2.25. The van der Waals surface area contributed by atoms with Gasteiger partial charge in [0.25, 0.3) is 0 Å². The van der Waals surface area contributed by atoms with Gasteiger partial charge in [-0.1, -0.05) is 38.3 Å². The molecule has 0 fully saturated rings. The zero-order chi connectivity index (χ0) is 13.5. The summed E-state index contributed by atoms with van der Waals surface area (Å²) < 4.78 is 9.89. The van der Waals surface area contributed by atoms with Crippen molar-refractivity contribution in [2.75, 3.05) is 12.8 Å². The van der Waals surface area contributed by atoms with Gasteiger partial charge in [-0.2, -0.15) is 0 Å². The van der Waals surface area contributed by atoms with E-state index in [4.69, 9.17) is 9.47 Å². The molecule has 0 amide bonds. The van der Waals surface area contributed by atoms with Crippen LogP contribution in [0.2, 0.25) is 38.3 Å². The number of rotatable bonds is 7. The molecule has 0 saturated heterocycles. The van der Waals surface area contributed by atoms with E-state index in [9.17, 15) is 4.79 Å². The first-order valence-corrected chi connectivity index (χ1v) is 12.9. The van der Waals surface area contributed by atoms with Crippen molar-refractivity contribution in [2.24, 2.45) is 0 Å². The van der Waals surface area contributed by atoms with Crippen LogP contribution < -0.4 is 0 Å². The van der Waals surface area contributed by atoms with Crippen molar-refractivity contribution in [2.45, 2.75) is 45.2 Å². The highest BCUT2D eigenvalue weighted by atomic mass is 28.3. The molecule has 0 aliphatic rings. The van der Waals surface area contributed by atoms with Crippen LogP contribution in [-0.2, 0) is 9.47 Å². The molecule has 0 aromatic heterocycles. The highest BCUT2D eigenvalue weighted by Crippen LogP contribution is 2.21. The van der Waals surface area contributed by atoms with Gasteiger partial charge in [0, 0.05) is 0 Å². The molecule has 0 spiro atoms. The molecule has 0 aromatic carbocycles. The second kappa shape index (κ2) is 7.01. The van der Waals surface area contributed by atoms with Crippen molar-refractivity contribution in [1.29, 1.82) is 0 Å². The van der Waals surface area contributed by atoms with Gasteiger partial charge in [0.05, 0.1) is 29.0 Å². The van der Waals surface area contributed by atoms with Crippen LogP contribution in [0.25, 0.3) is 0 Å². The molecule has 0 aromatic rings. The molecule has 0 heterocycles. The minimum Gasteiger partial charge on any atom is -0.438 e. The van der Waals surface area contributed by atoms with Crippen LogP contribution in [0.3, 0.4) is 0 Å². The van der Waals surface area contributed by atoms with E-state index in [2.05, 4.69) is 38.5 Å². The highest BCUT2D eigenvalue weighted by molar-refractivity contribution is 6.85. The summed E-state index contributed by atoms with van der Waals surface area (Å²) in [5.74, 6) is 0. The molecule has 0 aliphatic heterocycles. The van der Waals surface area contributed by atoms with E-state index < -0.39 is 22.3 Å². The molecule has 3 nitrogen and oxygen atoms in total. The lowest BCUT2D eigenvalue weighted by atomic mass is 10.9. The van der Waals surface area contributed by atoms with Crippen molar-refractivity contribution in [3.8, 4) is 0 Å². The fourth-order valence-corrected chi connectivity index (χ4v) is 7.39. The molecule has 0 radical (unpaired) electrons. The largest absolute Gasteiger partial charge is 0.507 e. The summed E-state index contributed by atoms with van der Waals surface area (Å²) in [6, 6.07) is 2.40. The van der Waals surface area contributed by atoms with Gasteiger partial charge in [0.2, 0.25) is 0 Å². The van der Waals surface area contributed by atoms with Gasteiger partial charge in [-0.15, -0.1) is 12.3 Å². The van der Waals surface area contributed by atoms with Crippen molar-refractivity contribution in [3.05, 3.63) is 12.3 Å². The van der Waals surface area contributed by atoms with Crippen molar-refractivity contribution >= 4 is 22.3 Å². The van der Waals surface area contributed by atoms with Crippen LogP contribution in [-0.4, -0.2) is 35.1 Å². The quantitative estimate of drug-likeness (QED) is 0.522. The Hall–Kier alpha value is -0.556. The predicted octanol–water partition coefficient (Wildman–Crippen LogP) is 3.84. The second-order valence-electron chi connectivity index (χ2n) is 5.83. The molecule has 0 saturated carbocycles. The average Bonchev–Trinajstić information content (AvgIpc) is 2.25. The molecule has 0 N–H and O–H groups in total. The summed E-state index contributed by atoms with van der Waals surface area (Å²) in [4.78, 5) is 11.1. The number of hydrogen-bond donors (Lipinski definition) is 0. The fraction of sp³-hybridized carbons (Fsp3) is 0.750. The topological polar surface area (TPSA) is 35.5 Å². The van der Waals surface area contributed by atoms with Gasteiger partial charge in [0.1, 0.15) is 0 Å². The second-order valence-corrected chi connectivity index (χ2v) is 15.8. The normalized spacial score (nSPS) is 12.1. The van der Waals surface area contributed by atoms with E-state index in [1.54, 1.807) is 6.92 Å². The summed E-state index contributed by atoms with van der Waals surface area (Å²) >= 11 is 0. The minimum atomic E-state index is -1.46. The SMILES string of the molecule is C=C[Si](C)(C)CC[Si](C)(C)COC(=O)OCC. The van der Waals surface area contributed by atoms with Gasteiger partial charge in [-0.3, -0.25) is 0 Å². The highest BCUT2D eigenvalue weighted by Gasteiger charge is 2.27. The lowest BCUT2D eigenvalue weighted by molar-refractivity contribution is 0.0702. The Morgan fingerprint density at radius 2 is 1.76 bits per heavy atom. The monoisotopic (exact) mass is 274 g/mol. The first-order valence-electron chi connectivity index (χ1n) is 6.15. The zero-order valence-electron chi connectivity index (χ0n) is 11.8. The van der Waals surface area contributed by atoms with Crippen LogP contribution in [0.4, 0.5) is 4.79 Å². The minimum absolute atomic E-state index is 0.372. The van der Waals surface area contributed by atoms with Crippen molar-refractivity contribution in [3.63, 3.8) is 0 Å². The Kier molecular flexibility index (Phi) is 6.78. The van der Waals surface area contributed by atoms with Crippen molar-refractivity contribution < 1.29 is 14.3 Å². The molecule has 100 valence electrons. The van der Waals surface area contributed by atoms with Gasteiger partial charge >= 0.3 is 6.16 Å². The van der Waals surface area contributed by atoms with Crippen LogP contribution in [0, 0.1) is 0 Å². The summed E-state index contributed by atoms with van der Waals surface area (Å²) in [6.45, 7) is 15.2. The molecule has 17 heavy (non-hydrogen) atoms. The van der Waals surface area contributed by atoms with Gasteiger partial charge in [0.15, 0.2) is 0 Å². The van der Waals surface area contributed by atoms with E-state index in [1.165, 1.54) is 12.1 Å². The molecular weight excluding hydrogens is 248 g/mol. The first-order chi connectivity index (χ1) is 7.72. The van der Waals surface area contributed by atoms with E-state index in [0.29, 0.717) is 12.8 Å². The van der Waals surface area contributed by atoms with Gasteiger partial charge in [-0.25, -0.2) is 4.79 Å². The maximum absolute atomic E-state index is 11.1. The van der Waals surface area contributed by atoms with Gasteiger partial charge < -0.3 is 9.47 Å². The maximum Gasteiger partial charge on any atom is 0.507 e. The Morgan fingerprint density at radius 1 is 1.18 bits per heavy atom. The molecule has 5 heteroatoms. The molecule has 0 bridgehead atoms. The third-order valence-corrected chi connectivity index (χ3v) is 8.51. The Labute approximate surface area is 107 Å². The maximum atomic E-state index is 11.1. The number of carbonyl (C=O) groups is 1. The van der Waals surface area contributed by atoms with E-state index >= 15 is 0 Å². The van der Waals surface area contributed by atoms with Crippen LogP contribution in [0.5, 0.6) is 0 Å². The smallest absolute Gasteiger partial charge is 0.438 e. The number of carbonyl (C=O) groups excluding carboxylic acids is 1. The van der Waals surface area contributed by atoms with Crippen LogP contribution >= 0.6 is 0 Å². The van der Waals surface area contributed by atoms with Crippen LogP contribution in [0.1, 0.15) is 6.92 Å². The summed E-state index contributed by atoms with van der Waals surface area (Å²) in [6.07, 6.45) is 0.0151. The van der Waals surface area contributed by atoms with E-state index in [1.807, 2.05) is 0 Å². The molecule has 0 unspecified atom stereocenters. The van der Waals surface area contributed by atoms with Crippen LogP contribution in [0.15, 0.2) is 12.3 Å². The Morgan fingerprint density at radius 3 is 2.24 bits per heavy atom. The summed E-state index contributed by atoms with van der Waals surface area (Å²) in [7, 11) is -2.69. The fourth-order valence-electron chi connectivity index (χ4n) is 1.25. The first kappa shape index (κ1) is 16.4. The summed E-state index contributed by atoms with van der Waals surface area (Å²) in [5.41, 5.74) is 2.13. The molecular formula is C12H26O3Si2. The standard InChI is InChI=1S/C12H26O3Si2/c1-7-14-12(13)15-11-17(5,6)10-9-16(3,4)8-2/h8H,2,7,9-11H2,1,3-6H3. The van der Waals surface area contributed by atoms with E-state index in [-0.39, 0.29) is 0 Å². The molecule has 0 rings (SSSR count). The molecule has 0 atom stereocenters.